The maximum atomic E-state index is 12.2. The number of rotatable bonds is 3. The van der Waals surface area contributed by atoms with Crippen molar-refractivity contribution in [3.05, 3.63) is 0 Å². The summed E-state index contributed by atoms with van der Waals surface area (Å²) in [5.41, 5.74) is 5.94. The van der Waals surface area contributed by atoms with Crippen LogP contribution in [0.5, 0.6) is 0 Å². The topological polar surface area (TPSA) is 52.3 Å². The summed E-state index contributed by atoms with van der Waals surface area (Å²) in [5, 5.41) is 0. The summed E-state index contributed by atoms with van der Waals surface area (Å²) in [4.78, 5) is 12.2. The van der Waals surface area contributed by atoms with E-state index in [0.29, 0.717) is 5.92 Å². The van der Waals surface area contributed by atoms with Crippen LogP contribution in [-0.4, -0.2) is 18.1 Å². The molecule has 104 valence electrons. The molecule has 2 aliphatic carbocycles. The molecule has 4 unspecified atom stereocenters. The van der Waals surface area contributed by atoms with Gasteiger partial charge in [-0.05, 0) is 50.9 Å². The quantitative estimate of drug-likeness (QED) is 0.787. The molecule has 18 heavy (non-hydrogen) atoms. The first kappa shape index (κ1) is 13.9. The minimum absolute atomic E-state index is 0.0236. The summed E-state index contributed by atoms with van der Waals surface area (Å²) in [6.45, 7) is 2.20. The lowest BCUT2D eigenvalue weighted by Gasteiger charge is -2.33. The third-order valence-corrected chi connectivity index (χ3v) is 4.68. The first-order chi connectivity index (χ1) is 8.70. The summed E-state index contributed by atoms with van der Waals surface area (Å²) in [7, 11) is 0. The molecule has 3 heteroatoms. The second kappa shape index (κ2) is 6.55. The molecule has 2 aliphatic rings. The van der Waals surface area contributed by atoms with Crippen molar-refractivity contribution >= 4 is 5.97 Å². The molecule has 0 aromatic rings. The average Bonchev–Trinajstić information content (AvgIpc) is 2.39. The fraction of sp³-hybridized carbons (Fsp3) is 0.933. The highest BCUT2D eigenvalue weighted by atomic mass is 16.5. The Labute approximate surface area is 110 Å². The summed E-state index contributed by atoms with van der Waals surface area (Å²) in [6.07, 6.45) is 10.0. The lowest BCUT2D eigenvalue weighted by molar-refractivity contribution is -0.160. The number of hydrogen-bond donors (Lipinski definition) is 1. The van der Waals surface area contributed by atoms with Crippen molar-refractivity contribution in [3.63, 3.8) is 0 Å². The smallest absolute Gasteiger partial charge is 0.309 e. The van der Waals surface area contributed by atoms with Gasteiger partial charge in [0, 0.05) is 6.04 Å². The molecular weight excluding hydrogens is 226 g/mol. The van der Waals surface area contributed by atoms with Crippen LogP contribution >= 0.6 is 0 Å². The zero-order chi connectivity index (χ0) is 13.0. The van der Waals surface area contributed by atoms with E-state index in [2.05, 4.69) is 6.92 Å². The molecule has 0 amide bonds. The zero-order valence-corrected chi connectivity index (χ0v) is 11.6. The second-order valence-electron chi connectivity index (χ2n) is 6.05. The van der Waals surface area contributed by atoms with Crippen LogP contribution in [0.4, 0.5) is 0 Å². The maximum Gasteiger partial charge on any atom is 0.309 e. The van der Waals surface area contributed by atoms with Crippen LogP contribution < -0.4 is 5.73 Å². The van der Waals surface area contributed by atoms with E-state index in [1.54, 1.807) is 0 Å². The molecule has 2 saturated carbocycles. The van der Waals surface area contributed by atoms with Gasteiger partial charge in [-0.25, -0.2) is 0 Å². The van der Waals surface area contributed by atoms with Gasteiger partial charge in [-0.2, -0.15) is 0 Å². The molecule has 0 radical (unpaired) electrons. The van der Waals surface area contributed by atoms with Crippen molar-refractivity contribution < 1.29 is 9.53 Å². The highest BCUT2D eigenvalue weighted by Crippen LogP contribution is 2.31. The lowest BCUT2D eigenvalue weighted by atomic mass is 9.84. The summed E-state index contributed by atoms with van der Waals surface area (Å²) in [5.74, 6) is 0.670. The maximum absolute atomic E-state index is 12.2. The van der Waals surface area contributed by atoms with Crippen LogP contribution in [-0.2, 0) is 9.53 Å². The van der Waals surface area contributed by atoms with Gasteiger partial charge in [0.2, 0.25) is 0 Å². The van der Waals surface area contributed by atoms with Crippen molar-refractivity contribution in [2.45, 2.75) is 76.9 Å². The monoisotopic (exact) mass is 253 g/mol. The summed E-state index contributed by atoms with van der Waals surface area (Å²) >= 11 is 0. The molecule has 4 atom stereocenters. The number of carbonyl (C=O) groups is 1. The van der Waals surface area contributed by atoms with Gasteiger partial charge >= 0.3 is 5.97 Å². The Morgan fingerprint density at radius 1 is 1.17 bits per heavy atom. The van der Waals surface area contributed by atoms with Gasteiger partial charge in [-0.1, -0.05) is 19.8 Å². The number of nitrogens with two attached hydrogens (primary N) is 1. The predicted molar refractivity (Wildman–Crippen MR) is 72.1 cm³/mol. The van der Waals surface area contributed by atoms with E-state index in [0.717, 1.165) is 38.5 Å². The molecule has 0 aliphatic heterocycles. The minimum atomic E-state index is 0.0236. The molecule has 2 N–H and O–H groups in total. The standard InChI is InChI=1S/C15H27NO2/c1-2-11-6-3-4-9-14(11)18-15(17)12-7-5-8-13(16)10-12/h11-14H,2-10,16H2,1H3. The molecule has 2 fully saturated rings. The van der Waals surface area contributed by atoms with Crippen LogP contribution in [0.3, 0.4) is 0 Å². The average molecular weight is 253 g/mol. The molecule has 3 nitrogen and oxygen atoms in total. The Balaban J connectivity index is 1.85. The second-order valence-corrected chi connectivity index (χ2v) is 6.05. The Hall–Kier alpha value is -0.570. The molecule has 0 spiro atoms. The van der Waals surface area contributed by atoms with E-state index in [9.17, 15) is 4.79 Å². The SMILES string of the molecule is CCC1CCCCC1OC(=O)C1CCCC(N)C1. The lowest BCUT2D eigenvalue weighted by Crippen LogP contribution is -2.36. The van der Waals surface area contributed by atoms with Gasteiger partial charge in [-0.3, -0.25) is 4.79 Å². The van der Waals surface area contributed by atoms with Crippen molar-refractivity contribution in [2.24, 2.45) is 17.6 Å². The van der Waals surface area contributed by atoms with E-state index in [1.807, 2.05) is 0 Å². The van der Waals surface area contributed by atoms with Crippen molar-refractivity contribution in [3.8, 4) is 0 Å². The highest BCUT2D eigenvalue weighted by molar-refractivity contribution is 5.72. The number of hydrogen-bond acceptors (Lipinski definition) is 3. The summed E-state index contributed by atoms with van der Waals surface area (Å²) < 4.78 is 5.79. The Morgan fingerprint density at radius 2 is 1.94 bits per heavy atom. The van der Waals surface area contributed by atoms with E-state index in [4.69, 9.17) is 10.5 Å². The minimum Gasteiger partial charge on any atom is -0.462 e. The normalized spacial score (nSPS) is 37.2. The van der Waals surface area contributed by atoms with Gasteiger partial charge < -0.3 is 10.5 Å². The van der Waals surface area contributed by atoms with E-state index >= 15 is 0 Å². The first-order valence-electron chi connectivity index (χ1n) is 7.66. The highest BCUT2D eigenvalue weighted by Gasteiger charge is 2.31. The van der Waals surface area contributed by atoms with Crippen LogP contribution in [0, 0.1) is 11.8 Å². The van der Waals surface area contributed by atoms with E-state index in [-0.39, 0.29) is 24.0 Å². The van der Waals surface area contributed by atoms with Crippen molar-refractivity contribution in [2.75, 3.05) is 0 Å². The van der Waals surface area contributed by atoms with Crippen molar-refractivity contribution in [1.29, 1.82) is 0 Å². The molecular formula is C15H27NO2. The number of esters is 1. The zero-order valence-electron chi connectivity index (χ0n) is 11.6. The predicted octanol–water partition coefficient (Wildman–Crippen LogP) is 3.02. The van der Waals surface area contributed by atoms with Crippen LogP contribution in [0.1, 0.15) is 64.7 Å². The molecule has 0 heterocycles. The third-order valence-electron chi connectivity index (χ3n) is 4.68. The van der Waals surface area contributed by atoms with Gasteiger partial charge in [0.1, 0.15) is 6.10 Å². The van der Waals surface area contributed by atoms with Crippen LogP contribution in [0.15, 0.2) is 0 Å². The van der Waals surface area contributed by atoms with Gasteiger partial charge in [0.15, 0.2) is 0 Å². The molecule has 0 aromatic carbocycles. The number of ether oxygens (including phenoxy) is 1. The van der Waals surface area contributed by atoms with Crippen molar-refractivity contribution in [1.82, 2.24) is 0 Å². The number of carbonyl (C=O) groups excluding carboxylic acids is 1. The Bertz CT molecular complexity index is 280. The Morgan fingerprint density at radius 3 is 2.67 bits per heavy atom. The molecule has 0 saturated heterocycles. The first-order valence-corrected chi connectivity index (χ1v) is 7.66. The van der Waals surface area contributed by atoms with Gasteiger partial charge in [0.25, 0.3) is 0 Å². The molecule has 2 rings (SSSR count). The third kappa shape index (κ3) is 3.47. The fourth-order valence-corrected chi connectivity index (χ4v) is 3.48. The van der Waals surface area contributed by atoms with E-state index < -0.39 is 0 Å². The van der Waals surface area contributed by atoms with Gasteiger partial charge in [0.05, 0.1) is 5.92 Å². The molecule has 0 aromatic heterocycles. The van der Waals surface area contributed by atoms with Crippen LogP contribution in [0.2, 0.25) is 0 Å². The van der Waals surface area contributed by atoms with Crippen LogP contribution in [0.25, 0.3) is 0 Å². The van der Waals surface area contributed by atoms with Gasteiger partial charge in [-0.15, -0.1) is 0 Å². The molecule has 0 bridgehead atoms. The fourth-order valence-electron chi connectivity index (χ4n) is 3.48. The van der Waals surface area contributed by atoms with E-state index in [1.165, 1.54) is 19.3 Å². The summed E-state index contributed by atoms with van der Waals surface area (Å²) in [6, 6.07) is 0.199. The largest absolute Gasteiger partial charge is 0.462 e. The Kier molecular flexibility index (Phi) is 5.04.